The molecule has 2 N–H and O–H groups in total. The molecular formula is C23H28N6O3. The van der Waals surface area contributed by atoms with Crippen molar-refractivity contribution in [1.82, 2.24) is 19.7 Å². The molecular weight excluding hydrogens is 408 g/mol. The molecule has 0 spiro atoms. The van der Waals surface area contributed by atoms with E-state index in [1.165, 1.54) is 0 Å². The maximum atomic E-state index is 11.9. The summed E-state index contributed by atoms with van der Waals surface area (Å²) in [4.78, 5) is 24.0. The lowest BCUT2D eigenvalue weighted by Crippen LogP contribution is -2.43. The molecule has 4 heterocycles. The van der Waals surface area contributed by atoms with Crippen LogP contribution < -0.4 is 10.2 Å². The molecule has 32 heavy (non-hydrogen) atoms. The van der Waals surface area contributed by atoms with E-state index in [0.29, 0.717) is 24.4 Å². The van der Waals surface area contributed by atoms with Crippen molar-refractivity contribution in [3.63, 3.8) is 0 Å². The van der Waals surface area contributed by atoms with Crippen LogP contribution in [0, 0.1) is 0 Å². The highest BCUT2D eigenvalue weighted by Crippen LogP contribution is 2.33. The molecule has 2 saturated heterocycles. The zero-order valence-electron chi connectivity index (χ0n) is 18.2. The molecule has 3 aromatic rings. The topological polar surface area (TPSA) is 105 Å². The van der Waals surface area contributed by atoms with Gasteiger partial charge in [-0.3, -0.25) is 4.79 Å². The minimum absolute atomic E-state index is 0.00743. The fourth-order valence-electron chi connectivity index (χ4n) is 4.50. The highest BCUT2D eigenvalue weighted by atomic mass is 16.5. The van der Waals surface area contributed by atoms with Gasteiger partial charge in [0.15, 0.2) is 11.5 Å². The third kappa shape index (κ3) is 4.05. The molecule has 2 aliphatic rings. The number of hydrogen-bond donors (Lipinski definition) is 2. The number of benzene rings is 1. The Bertz CT molecular complexity index is 1100. The Morgan fingerprint density at radius 1 is 1.19 bits per heavy atom. The fourth-order valence-corrected chi connectivity index (χ4v) is 4.50. The number of aryl methyl sites for hydroxylation is 1. The van der Waals surface area contributed by atoms with Crippen LogP contribution in [-0.4, -0.2) is 62.7 Å². The molecule has 0 radical (unpaired) electrons. The second-order valence-electron chi connectivity index (χ2n) is 8.38. The van der Waals surface area contributed by atoms with Gasteiger partial charge >= 0.3 is 0 Å². The fraction of sp³-hybridized carbons (Fsp3) is 0.478. The summed E-state index contributed by atoms with van der Waals surface area (Å²) in [5, 5.41) is 17.2. The van der Waals surface area contributed by atoms with Crippen molar-refractivity contribution in [2.24, 2.45) is 0 Å². The van der Waals surface area contributed by atoms with E-state index in [1.807, 2.05) is 35.1 Å². The Hall–Kier alpha value is -3.04. The number of hydrogen-bond acceptors (Lipinski definition) is 7. The minimum atomic E-state index is -0.111. The first kappa shape index (κ1) is 20.8. The number of aliphatic hydroxyl groups excluding tert-OH is 1. The number of ether oxygens (including phenoxy) is 1. The molecule has 1 aromatic carbocycles. The van der Waals surface area contributed by atoms with Crippen LogP contribution in [0.4, 0.5) is 11.5 Å². The SMILES string of the molecule is CCn1ncc2c(N3CC4CCC(C3)O4)nc(-c3ccc(NC(=O)CCCO)cc3)nc21. The maximum absolute atomic E-state index is 11.9. The summed E-state index contributed by atoms with van der Waals surface area (Å²) in [5.74, 6) is 1.44. The summed E-state index contributed by atoms with van der Waals surface area (Å²) >= 11 is 0. The number of rotatable bonds is 7. The summed E-state index contributed by atoms with van der Waals surface area (Å²) < 4.78 is 7.91. The van der Waals surface area contributed by atoms with Gasteiger partial charge in [-0.1, -0.05) is 0 Å². The number of nitrogens with one attached hydrogen (secondary N) is 1. The number of morpholine rings is 1. The smallest absolute Gasteiger partial charge is 0.224 e. The number of aromatic nitrogens is 4. The average molecular weight is 437 g/mol. The Kier molecular flexibility index (Phi) is 5.75. The lowest BCUT2D eigenvalue weighted by Gasteiger charge is -2.33. The number of fused-ring (bicyclic) bond motifs is 3. The number of amides is 1. The normalized spacial score (nSPS) is 20.1. The lowest BCUT2D eigenvalue weighted by atomic mass is 10.1. The van der Waals surface area contributed by atoms with Crippen molar-refractivity contribution in [2.45, 2.75) is 51.4 Å². The Morgan fingerprint density at radius 3 is 2.62 bits per heavy atom. The third-order valence-electron chi connectivity index (χ3n) is 6.11. The number of nitrogens with zero attached hydrogens (tertiary/aromatic N) is 5. The van der Waals surface area contributed by atoms with Crippen LogP contribution in [0.5, 0.6) is 0 Å². The van der Waals surface area contributed by atoms with Crippen molar-refractivity contribution in [3.05, 3.63) is 30.5 Å². The summed E-state index contributed by atoms with van der Waals surface area (Å²) in [6.45, 7) is 4.45. The van der Waals surface area contributed by atoms with E-state index in [0.717, 1.165) is 54.9 Å². The highest BCUT2D eigenvalue weighted by Gasteiger charge is 2.35. The van der Waals surface area contributed by atoms with Crippen LogP contribution in [0.25, 0.3) is 22.4 Å². The molecule has 1 amide bonds. The molecule has 2 bridgehead atoms. The van der Waals surface area contributed by atoms with E-state index >= 15 is 0 Å². The van der Waals surface area contributed by atoms with Crippen molar-refractivity contribution < 1.29 is 14.6 Å². The number of aliphatic hydroxyl groups is 1. The zero-order valence-corrected chi connectivity index (χ0v) is 18.2. The lowest BCUT2D eigenvalue weighted by molar-refractivity contribution is -0.116. The predicted molar refractivity (Wildman–Crippen MR) is 121 cm³/mol. The van der Waals surface area contributed by atoms with Crippen LogP contribution in [0.2, 0.25) is 0 Å². The molecule has 2 aliphatic heterocycles. The van der Waals surface area contributed by atoms with E-state index in [-0.39, 0.29) is 24.7 Å². The second kappa shape index (κ2) is 8.84. The third-order valence-corrected chi connectivity index (χ3v) is 6.11. The minimum Gasteiger partial charge on any atom is -0.396 e. The second-order valence-corrected chi connectivity index (χ2v) is 8.38. The summed E-state index contributed by atoms with van der Waals surface area (Å²) in [7, 11) is 0. The van der Waals surface area contributed by atoms with Gasteiger partial charge in [-0.05, 0) is 50.5 Å². The van der Waals surface area contributed by atoms with Crippen molar-refractivity contribution in [2.75, 3.05) is 29.9 Å². The van der Waals surface area contributed by atoms with E-state index in [9.17, 15) is 4.79 Å². The Morgan fingerprint density at radius 2 is 1.94 bits per heavy atom. The molecule has 0 aliphatic carbocycles. The molecule has 2 fully saturated rings. The van der Waals surface area contributed by atoms with Crippen LogP contribution >= 0.6 is 0 Å². The molecule has 9 nitrogen and oxygen atoms in total. The molecule has 2 aromatic heterocycles. The molecule has 168 valence electrons. The van der Waals surface area contributed by atoms with Crippen LogP contribution in [0.15, 0.2) is 30.5 Å². The number of carbonyl (C=O) groups excluding carboxylic acids is 1. The molecule has 2 atom stereocenters. The monoisotopic (exact) mass is 436 g/mol. The van der Waals surface area contributed by atoms with Crippen molar-refractivity contribution in [1.29, 1.82) is 0 Å². The predicted octanol–water partition coefficient (Wildman–Crippen LogP) is 2.59. The van der Waals surface area contributed by atoms with Gasteiger partial charge in [0.2, 0.25) is 5.91 Å². The number of carbonyl (C=O) groups is 1. The molecule has 9 heteroatoms. The molecule has 5 rings (SSSR count). The van der Waals surface area contributed by atoms with Gasteiger partial charge in [0.1, 0.15) is 5.82 Å². The van der Waals surface area contributed by atoms with E-state index in [4.69, 9.17) is 19.8 Å². The quantitative estimate of drug-likeness (QED) is 0.586. The van der Waals surface area contributed by atoms with E-state index in [1.54, 1.807) is 0 Å². The van der Waals surface area contributed by atoms with Crippen LogP contribution in [0.3, 0.4) is 0 Å². The van der Waals surface area contributed by atoms with E-state index < -0.39 is 0 Å². The van der Waals surface area contributed by atoms with Gasteiger partial charge in [-0.25, -0.2) is 14.6 Å². The standard InChI is InChI=1S/C23H28N6O3/c1-2-29-23-19(12-24-29)22(28-13-17-9-10-18(14-28)32-17)26-21(27-23)15-5-7-16(8-6-15)25-20(31)4-3-11-30/h5-8,12,17-18,30H,2-4,9-11,13-14H2,1H3,(H,25,31). The largest absolute Gasteiger partial charge is 0.396 e. The number of anilines is 2. The van der Waals surface area contributed by atoms with Crippen molar-refractivity contribution >= 4 is 28.4 Å². The van der Waals surface area contributed by atoms with Gasteiger partial charge in [0.25, 0.3) is 0 Å². The first-order valence-electron chi connectivity index (χ1n) is 11.3. The Balaban J connectivity index is 1.47. The van der Waals surface area contributed by atoms with Gasteiger partial charge in [-0.2, -0.15) is 5.10 Å². The maximum Gasteiger partial charge on any atom is 0.224 e. The summed E-state index contributed by atoms with van der Waals surface area (Å²) in [6.07, 6.45) is 5.33. The van der Waals surface area contributed by atoms with Crippen LogP contribution in [-0.2, 0) is 16.1 Å². The first-order chi connectivity index (χ1) is 15.6. The molecule has 0 saturated carbocycles. The zero-order chi connectivity index (χ0) is 22.1. The summed E-state index contributed by atoms with van der Waals surface area (Å²) in [6, 6.07) is 7.54. The Labute approximate surface area is 186 Å². The van der Waals surface area contributed by atoms with Gasteiger partial charge < -0.3 is 20.1 Å². The van der Waals surface area contributed by atoms with E-state index in [2.05, 4.69) is 22.2 Å². The average Bonchev–Trinajstić information content (AvgIpc) is 3.39. The van der Waals surface area contributed by atoms with Gasteiger partial charge in [0.05, 0.1) is 23.8 Å². The van der Waals surface area contributed by atoms with Gasteiger partial charge in [0, 0.05) is 43.9 Å². The first-order valence-corrected chi connectivity index (χ1v) is 11.3. The molecule has 2 unspecified atom stereocenters. The van der Waals surface area contributed by atoms with Crippen molar-refractivity contribution in [3.8, 4) is 11.4 Å². The summed E-state index contributed by atoms with van der Waals surface area (Å²) in [5.41, 5.74) is 2.41. The highest BCUT2D eigenvalue weighted by molar-refractivity contribution is 5.91. The van der Waals surface area contributed by atoms with Crippen LogP contribution in [0.1, 0.15) is 32.6 Å². The van der Waals surface area contributed by atoms with Gasteiger partial charge in [-0.15, -0.1) is 0 Å².